The van der Waals surface area contributed by atoms with E-state index >= 15 is 0 Å². The third-order valence-corrected chi connectivity index (χ3v) is 5.56. The Morgan fingerprint density at radius 3 is 2.35 bits per heavy atom. The lowest BCUT2D eigenvalue weighted by atomic mass is 10.1. The summed E-state index contributed by atoms with van der Waals surface area (Å²) in [6.45, 7) is 2.52. The SMILES string of the molecule is Cc1cc(C#N)nnc1Oc1nnc(C(F)(F)F)c(C)c1C(=O)Nc1cccc(S(C)(=O)=O)c1. The Bertz CT molecular complexity index is 1440. The van der Waals surface area contributed by atoms with Crippen LogP contribution in [0.1, 0.15) is 32.9 Å². The van der Waals surface area contributed by atoms with Gasteiger partial charge in [-0.1, -0.05) is 6.07 Å². The maximum atomic E-state index is 13.4. The molecule has 0 bridgehead atoms. The highest BCUT2D eigenvalue weighted by Gasteiger charge is 2.38. The molecular weight excluding hydrogens is 477 g/mol. The lowest BCUT2D eigenvalue weighted by molar-refractivity contribution is -0.142. The normalized spacial score (nSPS) is 11.6. The van der Waals surface area contributed by atoms with Gasteiger partial charge in [-0.15, -0.1) is 20.4 Å². The first kappa shape index (κ1) is 24.5. The standard InChI is InChI=1S/C20H15F3N6O4S/c1-10-7-13(9-24)26-28-18(10)33-19-15(11(2)16(27-29-19)20(21,22)23)17(30)25-12-5-4-6-14(8-12)34(3,31)32/h4-8H,1-3H3,(H,25,30). The van der Waals surface area contributed by atoms with Gasteiger partial charge in [-0.25, -0.2) is 8.42 Å². The summed E-state index contributed by atoms with van der Waals surface area (Å²) in [4.78, 5) is 12.9. The van der Waals surface area contributed by atoms with Crippen molar-refractivity contribution >= 4 is 21.4 Å². The van der Waals surface area contributed by atoms with Gasteiger partial charge >= 0.3 is 6.18 Å². The topological polar surface area (TPSA) is 148 Å². The number of aromatic nitrogens is 4. The van der Waals surface area contributed by atoms with E-state index in [-0.39, 0.29) is 22.2 Å². The fourth-order valence-electron chi connectivity index (χ4n) is 2.83. The lowest BCUT2D eigenvalue weighted by Crippen LogP contribution is -2.21. The van der Waals surface area contributed by atoms with Crippen molar-refractivity contribution in [2.75, 3.05) is 11.6 Å². The smallest absolute Gasteiger partial charge is 0.416 e. The van der Waals surface area contributed by atoms with Gasteiger partial charge in [-0.05, 0) is 43.7 Å². The minimum atomic E-state index is -4.91. The highest BCUT2D eigenvalue weighted by atomic mass is 32.2. The van der Waals surface area contributed by atoms with E-state index in [1.165, 1.54) is 31.2 Å². The first-order valence-electron chi connectivity index (χ1n) is 9.29. The number of ether oxygens (including phenoxy) is 1. The number of hydrogen-bond acceptors (Lipinski definition) is 9. The number of halogens is 3. The molecule has 0 radical (unpaired) electrons. The van der Waals surface area contributed by atoms with Gasteiger partial charge in [0.15, 0.2) is 21.2 Å². The Morgan fingerprint density at radius 1 is 1.09 bits per heavy atom. The number of nitriles is 1. The van der Waals surface area contributed by atoms with Crippen molar-refractivity contribution in [3.63, 3.8) is 0 Å². The van der Waals surface area contributed by atoms with E-state index in [2.05, 4.69) is 25.7 Å². The second kappa shape index (κ2) is 9.02. The van der Waals surface area contributed by atoms with Crippen LogP contribution in [0.25, 0.3) is 0 Å². The molecule has 0 unspecified atom stereocenters. The van der Waals surface area contributed by atoms with Crippen LogP contribution in [-0.2, 0) is 16.0 Å². The van der Waals surface area contributed by atoms with E-state index in [4.69, 9.17) is 10.00 Å². The number of rotatable bonds is 5. The molecule has 2 aromatic heterocycles. The van der Waals surface area contributed by atoms with Crippen molar-refractivity contribution in [3.8, 4) is 17.8 Å². The van der Waals surface area contributed by atoms with Gasteiger partial charge in [0.1, 0.15) is 11.6 Å². The van der Waals surface area contributed by atoms with Crippen LogP contribution in [-0.4, -0.2) is 41.0 Å². The fourth-order valence-corrected chi connectivity index (χ4v) is 3.49. The molecule has 3 rings (SSSR count). The zero-order valence-corrected chi connectivity index (χ0v) is 18.6. The molecule has 0 aliphatic carbocycles. The number of sulfone groups is 1. The maximum Gasteiger partial charge on any atom is 0.435 e. The molecule has 34 heavy (non-hydrogen) atoms. The number of amides is 1. The number of anilines is 1. The molecule has 0 atom stereocenters. The molecule has 0 spiro atoms. The van der Waals surface area contributed by atoms with Gasteiger partial charge in [0.2, 0.25) is 5.88 Å². The predicted molar refractivity (Wildman–Crippen MR) is 111 cm³/mol. The van der Waals surface area contributed by atoms with Crippen molar-refractivity contribution in [3.05, 3.63) is 58.4 Å². The summed E-state index contributed by atoms with van der Waals surface area (Å²) < 4.78 is 69.2. The number of carbonyl (C=O) groups is 1. The molecule has 0 saturated heterocycles. The van der Waals surface area contributed by atoms with Crippen molar-refractivity contribution in [2.45, 2.75) is 24.9 Å². The van der Waals surface area contributed by atoms with E-state index in [0.717, 1.165) is 19.2 Å². The van der Waals surface area contributed by atoms with Crippen LogP contribution < -0.4 is 10.1 Å². The number of benzene rings is 1. The van der Waals surface area contributed by atoms with Crippen molar-refractivity contribution < 1.29 is 31.1 Å². The Kier molecular flexibility index (Phi) is 6.51. The quantitative estimate of drug-likeness (QED) is 0.567. The number of nitrogens with one attached hydrogen (secondary N) is 1. The second-order valence-corrected chi connectivity index (χ2v) is 9.05. The zero-order chi connectivity index (χ0) is 25.3. The number of carbonyl (C=O) groups excluding carboxylic acids is 1. The summed E-state index contributed by atoms with van der Waals surface area (Å²) in [5, 5.41) is 25.1. The molecule has 3 aromatic rings. The van der Waals surface area contributed by atoms with Crippen LogP contribution in [0.4, 0.5) is 18.9 Å². The first-order chi connectivity index (χ1) is 15.8. The number of aryl methyl sites for hydroxylation is 1. The molecule has 176 valence electrons. The van der Waals surface area contributed by atoms with E-state index < -0.39 is 44.6 Å². The minimum Gasteiger partial charge on any atom is -0.416 e. The van der Waals surface area contributed by atoms with Gasteiger partial charge in [-0.2, -0.15) is 18.4 Å². The highest BCUT2D eigenvalue weighted by molar-refractivity contribution is 7.90. The van der Waals surface area contributed by atoms with E-state index in [1.807, 2.05) is 0 Å². The highest BCUT2D eigenvalue weighted by Crippen LogP contribution is 2.35. The molecule has 0 aliphatic rings. The Balaban J connectivity index is 2.08. The molecule has 2 heterocycles. The Labute approximate surface area is 191 Å². The third kappa shape index (κ3) is 5.26. The molecule has 1 amide bonds. The van der Waals surface area contributed by atoms with Gasteiger partial charge < -0.3 is 10.1 Å². The van der Waals surface area contributed by atoms with Crippen LogP contribution in [0.15, 0.2) is 35.2 Å². The molecule has 0 fully saturated rings. The molecule has 1 N–H and O–H groups in total. The average molecular weight is 492 g/mol. The lowest BCUT2D eigenvalue weighted by Gasteiger charge is -2.16. The van der Waals surface area contributed by atoms with Gasteiger partial charge in [0.05, 0.1) is 4.90 Å². The minimum absolute atomic E-state index is 0.0120. The van der Waals surface area contributed by atoms with Crippen LogP contribution in [0.2, 0.25) is 0 Å². The largest absolute Gasteiger partial charge is 0.435 e. The second-order valence-electron chi connectivity index (χ2n) is 7.04. The summed E-state index contributed by atoms with van der Waals surface area (Å²) in [5.74, 6) is -1.86. The first-order valence-corrected chi connectivity index (χ1v) is 11.2. The maximum absolute atomic E-state index is 13.4. The zero-order valence-electron chi connectivity index (χ0n) is 17.8. The summed E-state index contributed by atoms with van der Waals surface area (Å²) in [5.41, 5.74) is -2.29. The molecule has 0 saturated carbocycles. The molecule has 1 aromatic carbocycles. The van der Waals surface area contributed by atoms with Crippen LogP contribution in [0.3, 0.4) is 0 Å². The van der Waals surface area contributed by atoms with Gasteiger partial charge in [-0.3, -0.25) is 4.79 Å². The fraction of sp³-hybridized carbons (Fsp3) is 0.200. The van der Waals surface area contributed by atoms with Gasteiger partial charge in [0, 0.05) is 17.5 Å². The molecular formula is C20H15F3N6O4S. The van der Waals surface area contributed by atoms with Crippen LogP contribution in [0.5, 0.6) is 11.8 Å². The Morgan fingerprint density at radius 2 is 1.76 bits per heavy atom. The van der Waals surface area contributed by atoms with E-state index in [1.54, 1.807) is 6.07 Å². The number of hydrogen-bond donors (Lipinski definition) is 1. The van der Waals surface area contributed by atoms with E-state index in [9.17, 15) is 26.4 Å². The monoisotopic (exact) mass is 492 g/mol. The third-order valence-electron chi connectivity index (χ3n) is 4.45. The summed E-state index contributed by atoms with van der Waals surface area (Å²) in [7, 11) is -3.60. The van der Waals surface area contributed by atoms with Crippen LogP contribution >= 0.6 is 0 Å². The van der Waals surface area contributed by atoms with Gasteiger partial charge in [0.25, 0.3) is 11.8 Å². The molecule has 0 aliphatic heterocycles. The summed E-state index contributed by atoms with van der Waals surface area (Å²) in [6.07, 6.45) is -3.95. The predicted octanol–water partition coefficient (Wildman–Crippen LogP) is 3.22. The van der Waals surface area contributed by atoms with Crippen LogP contribution in [0, 0.1) is 25.2 Å². The summed E-state index contributed by atoms with van der Waals surface area (Å²) in [6, 6.07) is 8.27. The Hall–Kier alpha value is -4.12. The summed E-state index contributed by atoms with van der Waals surface area (Å²) >= 11 is 0. The van der Waals surface area contributed by atoms with E-state index in [0.29, 0.717) is 5.56 Å². The number of alkyl halides is 3. The van der Waals surface area contributed by atoms with Crippen molar-refractivity contribution in [1.82, 2.24) is 20.4 Å². The molecule has 10 nitrogen and oxygen atoms in total. The average Bonchev–Trinajstić information content (AvgIpc) is 2.73. The van der Waals surface area contributed by atoms with Crippen molar-refractivity contribution in [1.29, 1.82) is 5.26 Å². The van der Waals surface area contributed by atoms with Crippen molar-refractivity contribution in [2.24, 2.45) is 0 Å². The molecule has 14 heteroatoms. The number of nitrogens with zero attached hydrogens (tertiary/aromatic N) is 5.